The minimum atomic E-state index is -0.135. The summed E-state index contributed by atoms with van der Waals surface area (Å²) in [4.78, 5) is 30.4. The summed E-state index contributed by atoms with van der Waals surface area (Å²) in [6.45, 7) is 7.08. The van der Waals surface area contributed by atoms with Crippen LogP contribution in [-0.2, 0) is 17.8 Å². The molecule has 0 aliphatic carbocycles. The molecule has 3 rings (SSSR count). The number of hydrogen-bond donors (Lipinski definition) is 1. The van der Waals surface area contributed by atoms with Gasteiger partial charge in [-0.15, -0.1) is 11.8 Å². The van der Waals surface area contributed by atoms with Gasteiger partial charge in [0.2, 0.25) is 5.91 Å². The fourth-order valence-electron chi connectivity index (χ4n) is 2.85. The molecule has 1 aromatic heterocycles. The number of nitrogens with one attached hydrogen (secondary N) is 1. The number of carbonyl (C=O) groups is 1. The van der Waals surface area contributed by atoms with Gasteiger partial charge >= 0.3 is 0 Å². The van der Waals surface area contributed by atoms with Crippen molar-refractivity contribution in [3.63, 3.8) is 0 Å². The number of nitrogens with zero attached hydrogens (tertiary/aromatic N) is 2. The topological polar surface area (TPSA) is 73.2 Å². The molecule has 0 bridgehead atoms. The van der Waals surface area contributed by atoms with Gasteiger partial charge in [0.25, 0.3) is 5.56 Å². The van der Waals surface area contributed by atoms with Crippen LogP contribution in [0.1, 0.15) is 26.5 Å². The van der Waals surface area contributed by atoms with Gasteiger partial charge in [-0.25, -0.2) is 4.98 Å². The highest BCUT2D eigenvalue weighted by molar-refractivity contribution is 8.00. The third kappa shape index (κ3) is 4.68. The number of hydrogen-bond acceptors (Lipinski definition) is 6. The van der Waals surface area contributed by atoms with E-state index < -0.39 is 0 Å². The van der Waals surface area contributed by atoms with Crippen molar-refractivity contribution in [3.8, 4) is 5.75 Å². The normalized spacial score (nSPS) is 15.4. The molecule has 0 saturated heterocycles. The lowest BCUT2D eigenvalue weighted by Gasteiger charge is -2.12. The number of anilines is 1. The zero-order valence-electron chi connectivity index (χ0n) is 15.7. The second kappa shape index (κ2) is 8.84. The molecule has 2 aromatic rings. The Hall–Kier alpha value is -1.93. The monoisotopic (exact) mass is 405 g/mol. The molecule has 2 heterocycles. The number of amides is 1. The average Bonchev–Trinajstić information content (AvgIpc) is 3.02. The lowest BCUT2D eigenvalue weighted by molar-refractivity contribution is -0.113. The van der Waals surface area contributed by atoms with Gasteiger partial charge in [0.15, 0.2) is 5.16 Å². The van der Waals surface area contributed by atoms with E-state index in [4.69, 9.17) is 4.74 Å². The summed E-state index contributed by atoms with van der Waals surface area (Å²) < 4.78 is 7.04. The van der Waals surface area contributed by atoms with Gasteiger partial charge in [-0.1, -0.05) is 18.7 Å². The van der Waals surface area contributed by atoms with E-state index in [2.05, 4.69) is 17.2 Å². The first-order chi connectivity index (χ1) is 13.0. The zero-order chi connectivity index (χ0) is 19.4. The predicted molar refractivity (Wildman–Crippen MR) is 110 cm³/mol. The van der Waals surface area contributed by atoms with Crippen molar-refractivity contribution in [3.05, 3.63) is 40.3 Å². The van der Waals surface area contributed by atoms with Crippen LogP contribution in [0, 0.1) is 0 Å². The van der Waals surface area contributed by atoms with Gasteiger partial charge in [-0.05, 0) is 38.1 Å². The smallest absolute Gasteiger partial charge is 0.268 e. The Morgan fingerprint density at radius 3 is 2.78 bits per heavy atom. The summed E-state index contributed by atoms with van der Waals surface area (Å²) in [6.07, 6.45) is 0.797. The van der Waals surface area contributed by atoms with Crippen molar-refractivity contribution in [2.24, 2.45) is 0 Å². The highest BCUT2D eigenvalue weighted by Crippen LogP contribution is 2.34. The van der Waals surface area contributed by atoms with Gasteiger partial charge in [0, 0.05) is 23.9 Å². The summed E-state index contributed by atoms with van der Waals surface area (Å²) in [5.41, 5.74) is 1.58. The number of aromatic nitrogens is 2. The van der Waals surface area contributed by atoms with Gasteiger partial charge in [-0.3, -0.25) is 14.2 Å². The Kier molecular flexibility index (Phi) is 6.49. The molecule has 1 aliphatic rings. The van der Waals surface area contributed by atoms with Crippen LogP contribution < -0.4 is 15.6 Å². The SMILES string of the molecule is CCOc1ccc(NC(=O)CSc2nc3c(c(=O)n2CC)S[C@@H](C)C3)cc1. The molecule has 27 heavy (non-hydrogen) atoms. The van der Waals surface area contributed by atoms with Crippen LogP contribution in [0.4, 0.5) is 5.69 Å². The minimum Gasteiger partial charge on any atom is -0.494 e. The summed E-state index contributed by atoms with van der Waals surface area (Å²) in [5, 5.41) is 3.84. The Morgan fingerprint density at radius 2 is 2.11 bits per heavy atom. The van der Waals surface area contributed by atoms with E-state index in [1.54, 1.807) is 16.3 Å². The van der Waals surface area contributed by atoms with Crippen molar-refractivity contribution in [1.82, 2.24) is 9.55 Å². The largest absolute Gasteiger partial charge is 0.494 e. The van der Waals surface area contributed by atoms with Crippen molar-refractivity contribution >= 4 is 35.1 Å². The van der Waals surface area contributed by atoms with E-state index in [1.807, 2.05) is 38.1 Å². The molecule has 6 nitrogen and oxygen atoms in total. The molecule has 8 heteroatoms. The van der Waals surface area contributed by atoms with Crippen LogP contribution in [-0.4, -0.2) is 33.1 Å². The number of rotatable bonds is 7. The van der Waals surface area contributed by atoms with Gasteiger partial charge < -0.3 is 10.1 Å². The fourth-order valence-corrected chi connectivity index (χ4v) is 4.84. The lowest BCUT2D eigenvalue weighted by atomic mass is 10.2. The van der Waals surface area contributed by atoms with E-state index >= 15 is 0 Å². The molecule has 0 unspecified atom stereocenters. The molecule has 0 saturated carbocycles. The predicted octanol–water partition coefficient (Wildman–Crippen LogP) is 3.43. The maximum absolute atomic E-state index is 12.7. The summed E-state index contributed by atoms with van der Waals surface area (Å²) >= 11 is 2.89. The van der Waals surface area contributed by atoms with Crippen LogP contribution in [0.2, 0.25) is 0 Å². The fraction of sp³-hybridized carbons (Fsp3) is 0.421. The van der Waals surface area contributed by atoms with Crippen LogP contribution >= 0.6 is 23.5 Å². The third-order valence-electron chi connectivity index (χ3n) is 4.06. The number of thioether (sulfide) groups is 2. The molecule has 1 aromatic carbocycles. The molecule has 0 radical (unpaired) electrons. The Morgan fingerprint density at radius 1 is 1.37 bits per heavy atom. The second-order valence-electron chi connectivity index (χ2n) is 6.15. The number of carbonyl (C=O) groups excluding carboxylic acids is 1. The molecule has 1 atom stereocenters. The first-order valence-corrected chi connectivity index (χ1v) is 10.8. The van der Waals surface area contributed by atoms with Crippen LogP contribution in [0.3, 0.4) is 0 Å². The van der Waals surface area contributed by atoms with Crippen molar-refractivity contribution < 1.29 is 9.53 Å². The second-order valence-corrected chi connectivity index (χ2v) is 8.54. The first-order valence-electron chi connectivity index (χ1n) is 8.97. The standard InChI is InChI=1S/C19H23N3O3S2/c1-4-22-18(24)17-15(10-12(3)27-17)21-19(22)26-11-16(23)20-13-6-8-14(9-7-13)25-5-2/h6-9,12H,4-5,10-11H2,1-3H3,(H,20,23)/t12-/m0/s1. The van der Waals surface area contributed by atoms with E-state index in [0.29, 0.717) is 29.2 Å². The third-order valence-corrected chi connectivity index (χ3v) is 6.25. The van der Waals surface area contributed by atoms with Crippen LogP contribution in [0.5, 0.6) is 5.75 Å². The van der Waals surface area contributed by atoms with E-state index in [1.165, 1.54) is 11.8 Å². The highest BCUT2D eigenvalue weighted by atomic mass is 32.2. The van der Waals surface area contributed by atoms with Crippen molar-refractivity contribution in [2.45, 2.75) is 49.0 Å². The molecule has 1 amide bonds. The summed E-state index contributed by atoms with van der Waals surface area (Å²) in [6, 6.07) is 7.26. The highest BCUT2D eigenvalue weighted by Gasteiger charge is 2.26. The Labute approximate surface area is 167 Å². The van der Waals surface area contributed by atoms with Crippen molar-refractivity contribution in [1.29, 1.82) is 0 Å². The average molecular weight is 406 g/mol. The molecule has 1 aliphatic heterocycles. The number of benzene rings is 1. The quantitative estimate of drug-likeness (QED) is 0.562. The molecule has 144 valence electrons. The van der Waals surface area contributed by atoms with Crippen LogP contribution in [0.25, 0.3) is 0 Å². The van der Waals surface area contributed by atoms with Crippen molar-refractivity contribution in [2.75, 3.05) is 17.7 Å². The maximum atomic E-state index is 12.7. The minimum absolute atomic E-state index is 0.00581. The Balaban J connectivity index is 1.66. The molecular weight excluding hydrogens is 382 g/mol. The van der Waals surface area contributed by atoms with Gasteiger partial charge in [0.05, 0.1) is 22.9 Å². The van der Waals surface area contributed by atoms with Gasteiger partial charge in [0.1, 0.15) is 5.75 Å². The zero-order valence-corrected chi connectivity index (χ0v) is 17.3. The van der Waals surface area contributed by atoms with E-state index in [-0.39, 0.29) is 17.2 Å². The summed E-state index contributed by atoms with van der Waals surface area (Å²) in [5.74, 6) is 0.830. The maximum Gasteiger partial charge on any atom is 0.268 e. The first kappa shape index (κ1) is 19.8. The molecule has 1 N–H and O–H groups in total. The molecule has 0 fully saturated rings. The van der Waals surface area contributed by atoms with Crippen LogP contribution in [0.15, 0.2) is 39.1 Å². The van der Waals surface area contributed by atoms with E-state index in [0.717, 1.165) is 22.8 Å². The summed E-state index contributed by atoms with van der Waals surface area (Å²) in [7, 11) is 0. The van der Waals surface area contributed by atoms with E-state index in [9.17, 15) is 9.59 Å². The molecular formula is C19H23N3O3S2. The molecule has 0 spiro atoms. The van der Waals surface area contributed by atoms with Gasteiger partial charge in [-0.2, -0.15) is 0 Å². The Bertz CT molecular complexity index is 881. The number of ether oxygens (including phenoxy) is 1. The lowest BCUT2D eigenvalue weighted by Crippen LogP contribution is -2.25. The number of fused-ring (bicyclic) bond motifs is 1.